The van der Waals surface area contributed by atoms with Gasteiger partial charge in [-0.1, -0.05) is 18.2 Å². The summed E-state index contributed by atoms with van der Waals surface area (Å²) in [5, 5.41) is 7.08. The SMILES string of the molecule is C=CCn1c(=O)c2cnc(Nc3ccc4c(c3)CCNC4)nc2n1-c1cccc(OC(C)C)n1. The second-order valence-electron chi connectivity index (χ2n) is 8.45. The maximum absolute atomic E-state index is 13.1. The number of hydrogen-bond donors (Lipinski definition) is 2. The van der Waals surface area contributed by atoms with Gasteiger partial charge in [-0.2, -0.15) is 9.97 Å². The number of aromatic nitrogens is 5. The van der Waals surface area contributed by atoms with Crippen molar-refractivity contribution in [2.75, 3.05) is 11.9 Å². The lowest BCUT2D eigenvalue weighted by molar-refractivity contribution is 0.232. The van der Waals surface area contributed by atoms with Crippen LogP contribution in [0.3, 0.4) is 0 Å². The number of anilines is 2. The monoisotopic (exact) mass is 457 g/mol. The molecule has 174 valence electrons. The van der Waals surface area contributed by atoms with E-state index in [2.05, 4.69) is 39.3 Å². The summed E-state index contributed by atoms with van der Waals surface area (Å²) >= 11 is 0. The number of allylic oxidation sites excluding steroid dienone is 1. The number of fused-ring (bicyclic) bond motifs is 2. The summed E-state index contributed by atoms with van der Waals surface area (Å²) in [5.41, 5.74) is 3.77. The molecular weight excluding hydrogens is 430 g/mol. The number of benzene rings is 1. The molecule has 0 aliphatic carbocycles. The molecule has 9 heteroatoms. The van der Waals surface area contributed by atoms with Crippen LogP contribution in [0.2, 0.25) is 0 Å². The molecule has 0 saturated carbocycles. The fraction of sp³-hybridized carbons (Fsp3) is 0.280. The van der Waals surface area contributed by atoms with Crippen molar-refractivity contribution in [2.24, 2.45) is 0 Å². The minimum absolute atomic E-state index is 0.0231. The minimum atomic E-state index is -0.209. The zero-order valence-electron chi connectivity index (χ0n) is 19.3. The Morgan fingerprint density at radius 1 is 1.24 bits per heavy atom. The summed E-state index contributed by atoms with van der Waals surface area (Å²) in [4.78, 5) is 26.9. The van der Waals surface area contributed by atoms with Crippen molar-refractivity contribution in [3.05, 3.63) is 76.7 Å². The maximum atomic E-state index is 13.1. The molecule has 9 nitrogen and oxygen atoms in total. The van der Waals surface area contributed by atoms with Crippen molar-refractivity contribution in [1.29, 1.82) is 0 Å². The van der Waals surface area contributed by atoms with Gasteiger partial charge in [0.1, 0.15) is 5.39 Å². The van der Waals surface area contributed by atoms with E-state index in [4.69, 9.17) is 9.72 Å². The predicted octanol–water partition coefficient (Wildman–Crippen LogP) is 3.34. The first kappa shape index (κ1) is 21.8. The lowest BCUT2D eigenvalue weighted by Crippen LogP contribution is -2.23. The Bertz CT molecular complexity index is 1420. The highest BCUT2D eigenvalue weighted by atomic mass is 16.5. The van der Waals surface area contributed by atoms with Crippen molar-refractivity contribution in [2.45, 2.75) is 39.5 Å². The normalized spacial score (nSPS) is 13.1. The second kappa shape index (κ2) is 9.11. The van der Waals surface area contributed by atoms with E-state index in [-0.39, 0.29) is 11.7 Å². The molecule has 3 aromatic heterocycles. The van der Waals surface area contributed by atoms with Crippen molar-refractivity contribution < 1.29 is 4.74 Å². The van der Waals surface area contributed by atoms with Gasteiger partial charge < -0.3 is 15.4 Å². The van der Waals surface area contributed by atoms with Gasteiger partial charge in [-0.3, -0.25) is 4.79 Å². The Hall–Kier alpha value is -3.98. The second-order valence-corrected chi connectivity index (χ2v) is 8.45. The largest absolute Gasteiger partial charge is 0.475 e. The number of nitrogens with zero attached hydrogens (tertiary/aromatic N) is 5. The van der Waals surface area contributed by atoms with Gasteiger partial charge in [0.05, 0.1) is 12.6 Å². The summed E-state index contributed by atoms with van der Waals surface area (Å²) in [6.45, 7) is 9.83. The molecule has 1 aliphatic heterocycles. The molecular formula is C25H27N7O2. The molecule has 0 spiro atoms. The Morgan fingerprint density at radius 2 is 2.12 bits per heavy atom. The molecule has 0 atom stereocenters. The van der Waals surface area contributed by atoms with Gasteiger partial charge in [0, 0.05) is 24.5 Å². The van der Waals surface area contributed by atoms with E-state index in [0.29, 0.717) is 35.2 Å². The number of nitrogens with one attached hydrogen (secondary N) is 2. The van der Waals surface area contributed by atoms with Crippen LogP contribution in [0.1, 0.15) is 25.0 Å². The average molecular weight is 458 g/mol. The van der Waals surface area contributed by atoms with Crippen LogP contribution in [0.4, 0.5) is 11.6 Å². The van der Waals surface area contributed by atoms with Crippen molar-refractivity contribution in [3.63, 3.8) is 0 Å². The lowest BCUT2D eigenvalue weighted by atomic mass is 10.0. The molecule has 34 heavy (non-hydrogen) atoms. The highest BCUT2D eigenvalue weighted by Crippen LogP contribution is 2.23. The number of hydrogen-bond acceptors (Lipinski definition) is 7. The molecule has 4 heterocycles. The van der Waals surface area contributed by atoms with Crippen LogP contribution in [-0.4, -0.2) is 37.0 Å². The predicted molar refractivity (Wildman–Crippen MR) is 132 cm³/mol. The summed E-state index contributed by atoms with van der Waals surface area (Å²) in [6.07, 6.45) is 4.18. The number of pyridine rings is 1. The van der Waals surface area contributed by atoms with Crippen LogP contribution >= 0.6 is 0 Å². The standard InChI is InChI=1S/C25H27N7O2/c1-4-12-31-24(33)20-15-27-25(28-19-9-8-18-14-26-11-10-17(18)13-19)30-23(20)32(31)21-6-5-7-22(29-21)34-16(2)3/h4-9,13,15-16,26H,1,10-12,14H2,2-3H3,(H,27,28,30). The quantitative estimate of drug-likeness (QED) is 0.411. The molecule has 2 N–H and O–H groups in total. The smallest absolute Gasteiger partial charge is 0.278 e. The zero-order chi connectivity index (χ0) is 23.7. The Kier molecular flexibility index (Phi) is 5.85. The first-order valence-electron chi connectivity index (χ1n) is 11.4. The van der Waals surface area contributed by atoms with Crippen LogP contribution in [-0.2, 0) is 19.5 Å². The average Bonchev–Trinajstić information content (AvgIpc) is 3.10. The van der Waals surface area contributed by atoms with Crippen LogP contribution in [0.15, 0.2) is 60.0 Å². The molecule has 0 bridgehead atoms. The van der Waals surface area contributed by atoms with Gasteiger partial charge in [-0.05, 0) is 56.1 Å². The fourth-order valence-electron chi connectivity index (χ4n) is 4.12. The Balaban J connectivity index is 1.59. The van der Waals surface area contributed by atoms with Crippen LogP contribution in [0.5, 0.6) is 5.88 Å². The van der Waals surface area contributed by atoms with E-state index < -0.39 is 0 Å². The summed E-state index contributed by atoms with van der Waals surface area (Å²) in [5.74, 6) is 1.40. The van der Waals surface area contributed by atoms with Gasteiger partial charge in [0.2, 0.25) is 11.8 Å². The van der Waals surface area contributed by atoms with Crippen molar-refractivity contribution in [3.8, 4) is 11.7 Å². The van der Waals surface area contributed by atoms with Crippen LogP contribution in [0.25, 0.3) is 16.9 Å². The maximum Gasteiger partial charge on any atom is 0.278 e. The van der Waals surface area contributed by atoms with E-state index in [1.165, 1.54) is 11.1 Å². The lowest BCUT2D eigenvalue weighted by Gasteiger charge is -2.18. The summed E-state index contributed by atoms with van der Waals surface area (Å²) in [7, 11) is 0. The first-order chi connectivity index (χ1) is 16.5. The van der Waals surface area contributed by atoms with Gasteiger partial charge in [-0.15, -0.1) is 6.58 Å². The zero-order valence-corrected chi connectivity index (χ0v) is 19.3. The number of rotatable bonds is 7. The molecule has 4 aromatic rings. The summed E-state index contributed by atoms with van der Waals surface area (Å²) < 4.78 is 9.00. The molecule has 0 unspecified atom stereocenters. The highest BCUT2D eigenvalue weighted by Gasteiger charge is 2.18. The molecule has 0 amide bonds. The molecule has 0 fully saturated rings. The van der Waals surface area contributed by atoms with Crippen molar-refractivity contribution in [1.82, 2.24) is 29.6 Å². The van der Waals surface area contributed by atoms with Gasteiger partial charge >= 0.3 is 0 Å². The molecule has 0 radical (unpaired) electrons. The highest BCUT2D eigenvalue weighted by molar-refractivity contribution is 5.77. The van der Waals surface area contributed by atoms with Crippen LogP contribution in [0, 0.1) is 0 Å². The van der Waals surface area contributed by atoms with Gasteiger partial charge in [0.25, 0.3) is 5.56 Å². The molecule has 1 aromatic carbocycles. The first-order valence-corrected chi connectivity index (χ1v) is 11.4. The number of ether oxygens (including phenoxy) is 1. The fourth-order valence-corrected chi connectivity index (χ4v) is 4.12. The topological polar surface area (TPSA) is 98.9 Å². The third-order valence-corrected chi connectivity index (χ3v) is 5.61. The Labute approximate surface area is 197 Å². The van der Waals surface area contributed by atoms with E-state index in [9.17, 15) is 4.79 Å². The van der Waals surface area contributed by atoms with E-state index in [1.54, 1.807) is 27.7 Å². The van der Waals surface area contributed by atoms with E-state index >= 15 is 0 Å². The van der Waals surface area contributed by atoms with E-state index in [0.717, 1.165) is 25.2 Å². The van der Waals surface area contributed by atoms with E-state index in [1.807, 2.05) is 32.0 Å². The van der Waals surface area contributed by atoms with Crippen LogP contribution < -0.4 is 20.9 Å². The molecule has 0 saturated heterocycles. The van der Waals surface area contributed by atoms with Gasteiger partial charge in [-0.25, -0.2) is 14.3 Å². The van der Waals surface area contributed by atoms with Crippen molar-refractivity contribution >= 4 is 22.7 Å². The van der Waals surface area contributed by atoms with Gasteiger partial charge in [0.15, 0.2) is 11.5 Å². The minimum Gasteiger partial charge on any atom is -0.475 e. The summed E-state index contributed by atoms with van der Waals surface area (Å²) in [6, 6.07) is 11.7. The third-order valence-electron chi connectivity index (χ3n) is 5.61. The third kappa shape index (κ3) is 4.17. The molecule has 5 rings (SSSR count). The Morgan fingerprint density at radius 3 is 2.94 bits per heavy atom. The molecule has 1 aliphatic rings.